The van der Waals surface area contributed by atoms with Crippen LogP contribution in [0.1, 0.15) is 56.9 Å². The van der Waals surface area contributed by atoms with E-state index >= 15 is 0 Å². The lowest BCUT2D eigenvalue weighted by atomic mass is 10.1. The summed E-state index contributed by atoms with van der Waals surface area (Å²) in [7, 11) is 0. The van der Waals surface area contributed by atoms with Gasteiger partial charge in [-0.1, -0.05) is 56.0 Å². The van der Waals surface area contributed by atoms with E-state index in [9.17, 15) is 9.59 Å². The molecule has 2 rings (SSSR count). The Morgan fingerprint density at radius 2 is 1.65 bits per heavy atom. The molecule has 1 aromatic carbocycles. The summed E-state index contributed by atoms with van der Waals surface area (Å²) in [5.74, 6) is -0.318. The molecule has 0 radical (unpaired) electrons. The Morgan fingerprint density at radius 3 is 2.35 bits per heavy atom. The van der Waals surface area contributed by atoms with Gasteiger partial charge in [0, 0.05) is 12.6 Å². The van der Waals surface area contributed by atoms with Crippen molar-refractivity contribution in [2.75, 3.05) is 6.54 Å². The predicted octanol–water partition coefficient (Wildman–Crippen LogP) is 2.96. The summed E-state index contributed by atoms with van der Waals surface area (Å²) in [6.07, 6.45) is 8.74. The van der Waals surface area contributed by atoms with Gasteiger partial charge in [0.1, 0.15) is 6.42 Å². The maximum atomic E-state index is 11.9. The van der Waals surface area contributed by atoms with Crippen molar-refractivity contribution in [1.82, 2.24) is 10.6 Å². The number of hydrogen-bond acceptors (Lipinski definition) is 2. The van der Waals surface area contributed by atoms with Crippen LogP contribution in [0.2, 0.25) is 0 Å². The van der Waals surface area contributed by atoms with Gasteiger partial charge in [-0.3, -0.25) is 9.59 Å². The maximum absolute atomic E-state index is 11.9. The molecule has 0 atom stereocenters. The van der Waals surface area contributed by atoms with Gasteiger partial charge in [0.2, 0.25) is 11.8 Å². The third-order valence-electron chi connectivity index (χ3n) is 4.35. The smallest absolute Gasteiger partial charge is 0.229 e. The fourth-order valence-corrected chi connectivity index (χ4v) is 3.08. The zero-order valence-electron chi connectivity index (χ0n) is 13.9. The van der Waals surface area contributed by atoms with Crippen LogP contribution in [0.25, 0.3) is 0 Å². The Morgan fingerprint density at radius 1 is 0.957 bits per heavy atom. The molecule has 0 bridgehead atoms. The largest absolute Gasteiger partial charge is 0.356 e. The van der Waals surface area contributed by atoms with E-state index in [0.717, 1.165) is 25.7 Å². The van der Waals surface area contributed by atoms with E-state index in [1.54, 1.807) is 0 Å². The van der Waals surface area contributed by atoms with Crippen molar-refractivity contribution < 1.29 is 9.59 Å². The van der Waals surface area contributed by atoms with Crippen LogP contribution in [0.5, 0.6) is 0 Å². The van der Waals surface area contributed by atoms with Gasteiger partial charge in [-0.2, -0.15) is 0 Å². The third kappa shape index (κ3) is 7.31. The SMILES string of the molecule is O=C(CC(=O)NC1CCCCCC1)NCCCc1ccccc1. The number of carbonyl (C=O) groups excluding carboxylic acids is 2. The lowest BCUT2D eigenvalue weighted by molar-refractivity contribution is -0.129. The third-order valence-corrected chi connectivity index (χ3v) is 4.35. The van der Waals surface area contributed by atoms with Gasteiger partial charge >= 0.3 is 0 Å². The highest BCUT2D eigenvalue weighted by Gasteiger charge is 2.16. The van der Waals surface area contributed by atoms with E-state index in [-0.39, 0.29) is 24.3 Å². The fraction of sp³-hybridized carbons (Fsp3) is 0.579. The molecule has 1 aliphatic carbocycles. The number of benzene rings is 1. The molecule has 126 valence electrons. The fourth-order valence-electron chi connectivity index (χ4n) is 3.08. The molecule has 0 aliphatic heterocycles. The Labute approximate surface area is 139 Å². The zero-order chi connectivity index (χ0) is 16.3. The topological polar surface area (TPSA) is 58.2 Å². The molecule has 1 fully saturated rings. The van der Waals surface area contributed by atoms with Crippen molar-refractivity contribution in [2.45, 2.75) is 63.8 Å². The van der Waals surface area contributed by atoms with Crippen molar-refractivity contribution >= 4 is 11.8 Å². The number of aryl methyl sites for hydroxylation is 1. The van der Waals surface area contributed by atoms with E-state index in [1.165, 1.54) is 31.2 Å². The van der Waals surface area contributed by atoms with E-state index in [2.05, 4.69) is 22.8 Å². The van der Waals surface area contributed by atoms with E-state index in [0.29, 0.717) is 6.54 Å². The second-order valence-corrected chi connectivity index (χ2v) is 6.37. The Hall–Kier alpha value is -1.84. The van der Waals surface area contributed by atoms with Gasteiger partial charge in [0.25, 0.3) is 0 Å². The normalized spacial score (nSPS) is 15.7. The molecule has 2 N–H and O–H groups in total. The summed E-state index contributed by atoms with van der Waals surface area (Å²) < 4.78 is 0. The zero-order valence-corrected chi connectivity index (χ0v) is 13.9. The first-order valence-corrected chi connectivity index (χ1v) is 8.84. The standard InChI is InChI=1S/C19H28N2O2/c22-18(20-14-8-11-16-9-4-3-5-10-16)15-19(23)21-17-12-6-1-2-7-13-17/h3-5,9-10,17H,1-2,6-8,11-15H2,(H,20,22)(H,21,23). The van der Waals surface area contributed by atoms with E-state index in [1.807, 2.05) is 18.2 Å². The second-order valence-electron chi connectivity index (χ2n) is 6.37. The van der Waals surface area contributed by atoms with Crippen LogP contribution in [-0.4, -0.2) is 24.4 Å². The van der Waals surface area contributed by atoms with Crippen LogP contribution < -0.4 is 10.6 Å². The van der Waals surface area contributed by atoms with Crippen LogP contribution in [0.4, 0.5) is 0 Å². The maximum Gasteiger partial charge on any atom is 0.229 e. The molecular formula is C19H28N2O2. The highest BCUT2D eigenvalue weighted by molar-refractivity contribution is 5.96. The molecule has 1 aromatic rings. The molecule has 0 spiro atoms. The summed E-state index contributed by atoms with van der Waals surface area (Å²) >= 11 is 0. The molecule has 1 aliphatic rings. The summed E-state index contributed by atoms with van der Waals surface area (Å²) in [5.41, 5.74) is 1.27. The van der Waals surface area contributed by atoms with Crippen LogP contribution in [0.3, 0.4) is 0 Å². The first-order chi connectivity index (χ1) is 11.2. The highest BCUT2D eigenvalue weighted by Crippen LogP contribution is 2.17. The summed E-state index contributed by atoms with van der Waals surface area (Å²) in [4.78, 5) is 23.7. The second kappa shape index (κ2) is 10.0. The minimum Gasteiger partial charge on any atom is -0.356 e. The lowest BCUT2D eigenvalue weighted by Crippen LogP contribution is -2.38. The van der Waals surface area contributed by atoms with Gasteiger partial charge in [-0.15, -0.1) is 0 Å². The molecule has 0 saturated heterocycles. The molecule has 4 nitrogen and oxygen atoms in total. The average Bonchev–Trinajstić information content (AvgIpc) is 2.81. The van der Waals surface area contributed by atoms with E-state index in [4.69, 9.17) is 0 Å². The van der Waals surface area contributed by atoms with E-state index < -0.39 is 0 Å². The number of carbonyl (C=O) groups is 2. The highest BCUT2D eigenvalue weighted by atomic mass is 16.2. The lowest BCUT2D eigenvalue weighted by Gasteiger charge is -2.16. The molecular weight excluding hydrogens is 288 g/mol. The van der Waals surface area contributed by atoms with Crippen LogP contribution >= 0.6 is 0 Å². The number of hydrogen-bond donors (Lipinski definition) is 2. The minimum atomic E-state index is -0.177. The summed E-state index contributed by atoms with van der Waals surface area (Å²) in [6.45, 7) is 0.616. The van der Waals surface area contributed by atoms with Crippen molar-refractivity contribution in [3.05, 3.63) is 35.9 Å². The van der Waals surface area contributed by atoms with Crippen LogP contribution in [0, 0.1) is 0 Å². The quantitative estimate of drug-likeness (QED) is 0.461. The molecule has 2 amide bonds. The first kappa shape index (κ1) is 17.5. The Bertz CT molecular complexity index is 479. The molecule has 1 saturated carbocycles. The van der Waals surface area contributed by atoms with Gasteiger partial charge in [0.15, 0.2) is 0 Å². The van der Waals surface area contributed by atoms with Crippen molar-refractivity contribution in [2.24, 2.45) is 0 Å². The molecule has 0 unspecified atom stereocenters. The average molecular weight is 316 g/mol. The molecule has 23 heavy (non-hydrogen) atoms. The van der Waals surface area contributed by atoms with Gasteiger partial charge in [-0.25, -0.2) is 0 Å². The van der Waals surface area contributed by atoms with Gasteiger partial charge in [0.05, 0.1) is 0 Å². The number of rotatable bonds is 7. The number of nitrogens with one attached hydrogen (secondary N) is 2. The molecule has 0 heterocycles. The Kier molecular flexibility index (Phi) is 7.64. The van der Waals surface area contributed by atoms with Crippen LogP contribution in [-0.2, 0) is 16.0 Å². The van der Waals surface area contributed by atoms with Crippen molar-refractivity contribution in [3.63, 3.8) is 0 Å². The van der Waals surface area contributed by atoms with Crippen molar-refractivity contribution in [3.8, 4) is 0 Å². The monoisotopic (exact) mass is 316 g/mol. The number of amides is 2. The summed E-state index contributed by atoms with van der Waals surface area (Å²) in [5, 5.41) is 5.84. The first-order valence-electron chi connectivity index (χ1n) is 8.84. The van der Waals surface area contributed by atoms with Crippen molar-refractivity contribution in [1.29, 1.82) is 0 Å². The van der Waals surface area contributed by atoms with Gasteiger partial charge in [-0.05, 0) is 31.2 Å². The minimum absolute atomic E-state index is 0.0537. The molecule has 4 heteroatoms. The molecule has 0 aromatic heterocycles. The van der Waals surface area contributed by atoms with Gasteiger partial charge < -0.3 is 10.6 Å². The van der Waals surface area contributed by atoms with Crippen LogP contribution in [0.15, 0.2) is 30.3 Å². The summed E-state index contributed by atoms with van der Waals surface area (Å²) in [6, 6.07) is 10.5. The Balaban J connectivity index is 1.57. The predicted molar refractivity (Wildman–Crippen MR) is 92.0 cm³/mol.